The summed E-state index contributed by atoms with van der Waals surface area (Å²) in [5.41, 5.74) is 2.25. The van der Waals surface area contributed by atoms with Gasteiger partial charge in [0.05, 0.1) is 6.54 Å². The van der Waals surface area contributed by atoms with Crippen LogP contribution in [-0.4, -0.2) is 19.2 Å². The summed E-state index contributed by atoms with van der Waals surface area (Å²) in [7, 11) is 0. The van der Waals surface area contributed by atoms with Gasteiger partial charge in [-0.05, 0) is 31.0 Å². The van der Waals surface area contributed by atoms with E-state index in [0.29, 0.717) is 13.2 Å². The summed E-state index contributed by atoms with van der Waals surface area (Å²) in [6.07, 6.45) is 1.47. The highest BCUT2D eigenvalue weighted by molar-refractivity contribution is 5.36. The Hall–Kier alpha value is -1.60. The zero-order chi connectivity index (χ0) is 10.4. The zero-order valence-electron chi connectivity index (χ0n) is 8.41. The lowest BCUT2D eigenvalue weighted by molar-refractivity contribution is 0.326. The highest BCUT2D eigenvalue weighted by Crippen LogP contribution is 2.18. The largest absolute Gasteiger partial charge is 0.491 e. The average molecular weight is 191 g/mol. The number of nitrogens with zero attached hydrogens (tertiary/aromatic N) is 1. The van der Waals surface area contributed by atoms with Gasteiger partial charge < -0.3 is 4.74 Å². The summed E-state index contributed by atoms with van der Waals surface area (Å²) in [4.78, 5) is 13.2. The normalized spacial score (nSPS) is 9.29. The van der Waals surface area contributed by atoms with E-state index in [0.717, 1.165) is 16.9 Å². The Morgan fingerprint density at radius 1 is 1.43 bits per heavy atom. The van der Waals surface area contributed by atoms with Gasteiger partial charge in [-0.25, -0.2) is 9.79 Å². The molecule has 0 spiro atoms. The van der Waals surface area contributed by atoms with E-state index >= 15 is 0 Å². The lowest BCUT2D eigenvalue weighted by atomic mass is 10.1. The predicted octanol–water partition coefficient (Wildman–Crippen LogP) is 2.02. The number of hydrogen-bond donors (Lipinski definition) is 0. The highest BCUT2D eigenvalue weighted by Gasteiger charge is 1.98. The summed E-state index contributed by atoms with van der Waals surface area (Å²) in [6, 6.07) is 6.01. The number of isocyanates is 1. The van der Waals surface area contributed by atoms with Gasteiger partial charge in [-0.1, -0.05) is 12.1 Å². The number of hydrogen-bond acceptors (Lipinski definition) is 3. The Morgan fingerprint density at radius 2 is 2.21 bits per heavy atom. The molecule has 0 atom stereocenters. The van der Waals surface area contributed by atoms with Crippen molar-refractivity contribution in [1.82, 2.24) is 0 Å². The molecule has 3 nitrogen and oxygen atoms in total. The molecule has 0 fully saturated rings. The monoisotopic (exact) mass is 191 g/mol. The molecule has 0 saturated heterocycles. The third-order valence-corrected chi connectivity index (χ3v) is 1.87. The third-order valence-electron chi connectivity index (χ3n) is 1.87. The molecule has 0 radical (unpaired) electrons. The molecule has 0 aliphatic heterocycles. The van der Waals surface area contributed by atoms with Crippen molar-refractivity contribution in [1.29, 1.82) is 0 Å². The SMILES string of the molecule is Cc1ccc(C)c(OCCN=C=O)c1. The minimum atomic E-state index is 0.358. The Balaban J connectivity index is 2.57. The standard InChI is InChI=1S/C11H13NO2/c1-9-3-4-10(2)11(7-9)14-6-5-12-8-13/h3-4,7H,5-6H2,1-2H3. The van der Waals surface area contributed by atoms with E-state index in [9.17, 15) is 4.79 Å². The molecule has 0 bridgehead atoms. The lowest BCUT2D eigenvalue weighted by Gasteiger charge is -2.07. The summed E-state index contributed by atoms with van der Waals surface area (Å²) in [5, 5.41) is 0. The van der Waals surface area contributed by atoms with Crippen LogP contribution >= 0.6 is 0 Å². The van der Waals surface area contributed by atoms with Gasteiger partial charge in [0.25, 0.3) is 0 Å². The first-order valence-corrected chi connectivity index (χ1v) is 4.47. The molecule has 1 rings (SSSR count). The quantitative estimate of drug-likeness (QED) is 0.415. The molecular weight excluding hydrogens is 178 g/mol. The third kappa shape index (κ3) is 3.04. The van der Waals surface area contributed by atoms with Crippen molar-refractivity contribution in [3.05, 3.63) is 29.3 Å². The van der Waals surface area contributed by atoms with Crippen molar-refractivity contribution in [2.24, 2.45) is 4.99 Å². The van der Waals surface area contributed by atoms with E-state index in [2.05, 4.69) is 4.99 Å². The molecule has 1 aromatic carbocycles. The fraction of sp³-hybridized carbons (Fsp3) is 0.364. The number of aryl methyl sites for hydroxylation is 2. The van der Waals surface area contributed by atoms with Gasteiger partial charge in [0.1, 0.15) is 12.4 Å². The molecule has 1 aromatic rings. The van der Waals surface area contributed by atoms with Crippen LogP contribution in [0, 0.1) is 13.8 Å². The molecular formula is C11H13NO2. The molecule has 0 N–H and O–H groups in total. The van der Waals surface area contributed by atoms with E-state index < -0.39 is 0 Å². The van der Waals surface area contributed by atoms with E-state index in [1.165, 1.54) is 6.08 Å². The van der Waals surface area contributed by atoms with Crippen LogP contribution in [0.3, 0.4) is 0 Å². The predicted molar refractivity (Wildman–Crippen MR) is 54.4 cm³/mol. The van der Waals surface area contributed by atoms with Crippen LogP contribution in [0.25, 0.3) is 0 Å². The van der Waals surface area contributed by atoms with Crippen LogP contribution in [0.4, 0.5) is 0 Å². The minimum absolute atomic E-state index is 0.358. The van der Waals surface area contributed by atoms with E-state index in [-0.39, 0.29) is 0 Å². The molecule has 0 aliphatic rings. The maximum absolute atomic E-state index is 9.79. The van der Waals surface area contributed by atoms with Gasteiger partial charge in [0.2, 0.25) is 6.08 Å². The van der Waals surface area contributed by atoms with Gasteiger partial charge in [-0.3, -0.25) is 0 Å². The number of benzene rings is 1. The fourth-order valence-electron chi connectivity index (χ4n) is 1.11. The molecule has 0 aliphatic carbocycles. The second-order valence-corrected chi connectivity index (χ2v) is 3.09. The van der Waals surface area contributed by atoms with Crippen LogP contribution in [-0.2, 0) is 4.79 Å². The second kappa shape index (κ2) is 5.20. The van der Waals surface area contributed by atoms with E-state index in [4.69, 9.17) is 4.74 Å². The zero-order valence-corrected chi connectivity index (χ0v) is 8.41. The van der Waals surface area contributed by atoms with Crippen molar-refractivity contribution in [2.45, 2.75) is 13.8 Å². The first-order chi connectivity index (χ1) is 6.74. The maximum atomic E-state index is 9.79. The molecule has 0 unspecified atom stereocenters. The number of carbonyl (C=O) groups excluding carboxylic acids is 1. The molecule has 14 heavy (non-hydrogen) atoms. The molecule has 0 saturated carbocycles. The van der Waals surface area contributed by atoms with Gasteiger partial charge in [-0.2, -0.15) is 0 Å². The van der Waals surface area contributed by atoms with Gasteiger partial charge in [-0.15, -0.1) is 0 Å². The summed E-state index contributed by atoms with van der Waals surface area (Å²) < 4.78 is 5.45. The molecule has 74 valence electrons. The van der Waals surface area contributed by atoms with Gasteiger partial charge in [0, 0.05) is 0 Å². The van der Waals surface area contributed by atoms with Gasteiger partial charge >= 0.3 is 0 Å². The van der Waals surface area contributed by atoms with E-state index in [1.807, 2.05) is 32.0 Å². The Morgan fingerprint density at radius 3 is 2.93 bits per heavy atom. The summed E-state index contributed by atoms with van der Waals surface area (Å²) in [5.74, 6) is 0.853. The Kier molecular flexibility index (Phi) is 3.89. The van der Waals surface area contributed by atoms with Crippen molar-refractivity contribution < 1.29 is 9.53 Å². The molecule has 0 aromatic heterocycles. The second-order valence-electron chi connectivity index (χ2n) is 3.09. The van der Waals surface area contributed by atoms with Gasteiger partial charge in [0.15, 0.2) is 0 Å². The first-order valence-electron chi connectivity index (χ1n) is 4.47. The highest BCUT2D eigenvalue weighted by atomic mass is 16.5. The molecule has 3 heteroatoms. The number of aliphatic imine (C=N–C) groups is 1. The molecule has 0 amide bonds. The van der Waals surface area contributed by atoms with Crippen molar-refractivity contribution >= 4 is 6.08 Å². The molecule has 0 heterocycles. The first kappa shape index (κ1) is 10.5. The van der Waals surface area contributed by atoms with Crippen LogP contribution < -0.4 is 4.74 Å². The van der Waals surface area contributed by atoms with Crippen molar-refractivity contribution in [3.63, 3.8) is 0 Å². The average Bonchev–Trinajstić information content (AvgIpc) is 2.18. The Bertz CT molecular complexity index is 354. The smallest absolute Gasteiger partial charge is 0.235 e. The summed E-state index contributed by atoms with van der Waals surface area (Å²) >= 11 is 0. The fourth-order valence-corrected chi connectivity index (χ4v) is 1.11. The van der Waals surface area contributed by atoms with Crippen LogP contribution in [0.15, 0.2) is 23.2 Å². The van der Waals surface area contributed by atoms with Crippen molar-refractivity contribution in [2.75, 3.05) is 13.2 Å². The number of ether oxygens (including phenoxy) is 1. The van der Waals surface area contributed by atoms with Crippen molar-refractivity contribution in [3.8, 4) is 5.75 Å². The lowest BCUT2D eigenvalue weighted by Crippen LogP contribution is -2.02. The van der Waals surface area contributed by atoms with Crippen LogP contribution in [0.1, 0.15) is 11.1 Å². The maximum Gasteiger partial charge on any atom is 0.235 e. The van der Waals surface area contributed by atoms with Crippen LogP contribution in [0.5, 0.6) is 5.75 Å². The Labute approximate surface area is 83.4 Å². The minimum Gasteiger partial charge on any atom is -0.491 e. The topological polar surface area (TPSA) is 38.7 Å². The number of rotatable bonds is 4. The summed E-state index contributed by atoms with van der Waals surface area (Å²) in [6.45, 7) is 4.77. The van der Waals surface area contributed by atoms with E-state index in [1.54, 1.807) is 0 Å². The van der Waals surface area contributed by atoms with Crippen LogP contribution in [0.2, 0.25) is 0 Å².